The summed E-state index contributed by atoms with van der Waals surface area (Å²) in [5.74, 6) is 0.884. The third-order valence-corrected chi connectivity index (χ3v) is 7.15. The maximum Gasteiger partial charge on any atom is 0.150 e. The maximum atomic E-state index is 11.6. The molecule has 4 rings (SSSR count). The van der Waals surface area contributed by atoms with E-state index in [1.807, 2.05) is 24.3 Å². The molecule has 2 aliphatic rings. The van der Waals surface area contributed by atoms with Crippen LogP contribution in [0.25, 0.3) is 11.1 Å². The summed E-state index contributed by atoms with van der Waals surface area (Å²) in [5.41, 5.74) is 3.72. The number of unbranched alkanes of at least 4 members (excludes halogenated alkanes) is 1. The summed E-state index contributed by atoms with van der Waals surface area (Å²) < 4.78 is 6.32. The third-order valence-electron chi connectivity index (χ3n) is 7.15. The maximum absolute atomic E-state index is 11.6. The molecule has 2 aromatic carbocycles. The van der Waals surface area contributed by atoms with E-state index in [2.05, 4.69) is 33.3 Å². The van der Waals surface area contributed by atoms with Gasteiger partial charge in [0.2, 0.25) is 0 Å². The van der Waals surface area contributed by atoms with Crippen molar-refractivity contribution in [1.29, 1.82) is 0 Å². The average Bonchev–Trinajstić information content (AvgIpc) is 2.90. The average molecular weight is 464 g/mol. The molecule has 2 aromatic rings. The lowest BCUT2D eigenvalue weighted by atomic mass is 10.00. The fraction of sp³-hybridized carbons (Fsp3) is 0.552. The number of ether oxygens (including phenoxy) is 1. The van der Waals surface area contributed by atoms with Crippen LogP contribution in [0.5, 0.6) is 5.75 Å². The van der Waals surface area contributed by atoms with Gasteiger partial charge in [0, 0.05) is 18.7 Å². The molecule has 0 aromatic heterocycles. The van der Waals surface area contributed by atoms with E-state index in [4.69, 9.17) is 4.74 Å². The van der Waals surface area contributed by atoms with Gasteiger partial charge in [-0.25, -0.2) is 0 Å². The Labute approximate surface area is 205 Å². The Hall–Kier alpha value is -2.37. The molecule has 5 nitrogen and oxygen atoms in total. The van der Waals surface area contributed by atoms with Crippen molar-refractivity contribution in [2.45, 2.75) is 51.4 Å². The molecular formula is C29H41N3O2. The number of piperidine rings is 2. The van der Waals surface area contributed by atoms with E-state index in [1.165, 1.54) is 77.7 Å². The van der Waals surface area contributed by atoms with Gasteiger partial charge in [0.05, 0.1) is 12.3 Å². The van der Waals surface area contributed by atoms with E-state index >= 15 is 0 Å². The monoisotopic (exact) mass is 463 g/mol. The first-order valence-corrected chi connectivity index (χ1v) is 13.3. The van der Waals surface area contributed by atoms with Crippen LogP contribution < -0.4 is 10.1 Å². The third kappa shape index (κ3) is 7.31. The minimum Gasteiger partial charge on any atom is -0.491 e. The number of nitrogens with zero attached hydrogens (tertiary/aromatic N) is 2. The number of likely N-dealkylation sites (tertiary alicyclic amines) is 2. The normalized spacial score (nSPS) is 17.4. The summed E-state index contributed by atoms with van der Waals surface area (Å²) in [5, 5.41) is 3.62. The number of hydrogen-bond donors (Lipinski definition) is 1. The number of anilines is 1. The summed E-state index contributed by atoms with van der Waals surface area (Å²) in [6.45, 7) is 8.80. The first kappa shape index (κ1) is 24.7. The summed E-state index contributed by atoms with van der Waals surface area (Å²) in [6.07, 6.45) is 11.2. The molecule has 0 bridgehead atoms. The minimum absolute atomic E-state index is 0.709. The molecule has 2 aliphatic heterocycles. The first-order valence-electron chi connectivity index (χ1n) is 13.3. The molecule has 2 saturated heterocycles. The molecule has 5 heteroatoms. The Morgan fingerprint density at radius 3 is 2.26 bits per heavy atom. The molecule has 0 saturated carbocycles. The van der Waals surface area contributed by atoms with Crippen LogP contribution in [0.2, 0.25) is 0 Å². The summed E-state index contributed by atoms with van der Waals surface area (Å²) in [7, 11) is 0. The van der Waals surface area contributed by atoms with E-state index in [9.17, 15) is 4.79 Å². The minimum atomic E-state index is 0.709. The highest BCUT2D eigenvalue weighted by molar-refractivity contribution is 5.88. The molecule has 184 valence electrons. The number of benzene rings is 2. The van der Waals surface area contributed by atoms with E-state index in [1.54, 1.807) is 0 Å². The Morgan fingerprint density at radius 2 is 1.53 bits per heavy atom. The molecule has 34 heavy (non-hydrogen) atoms. The Morgan fingerprint density at radius 1 is 0.824 bits per heavy atom. The molecule has 2 fully saturated rings. The highest BCUT2D eigenvalue weighted by Gasteiger charge is 2.13. The Bertz CT molecular complexity index is 889. The molecular weight excluding hydrogens is 422 g/mol. The van der Waals surface area contributed by atoms with Gasteiger partial charge < -0.3 is 19.9 Å². The highest BCUT2D eigenvalue weighted by atomic mass is 16.5. The van der Waals surface area contributed by atoms with Gasteiger partial charge in [0.1, 0.15) is 5.75 Å². The van der Waals surface area contributed by atoms with Crippen LogP contribution in [0.15, 0.2) is 42.5 Å². The van der Waals surface area contributed by atoms with Gasteiger partial charge in [-0.3, -0.25) is 4.79 Å². The zero-order valence-electron chi connectivity index (χ0n) is 20.6. The second kappa shape index (κ2) is 13.5. The molecule has 1 N–H and O–H groups in total. The van der Waals surface area contributed by atoms with E-state index in [0.29, 0.717) is 12.2 Å². The standard InChI is InChI=1S/C29H41N3O2/c33-24-26-11-3-4-12-27(26)25-13-14-28(30-15-21-32-18-7-2-8-19-32)29(23-25)34-22-10-9-20-31-16-5-1-6-17-31/h3-4,11-14,23-24,30H,1-2,5-10,15-22H2. The van der Waals surface area contributed by atoms with Crippen LogP contribution in [0, 0.1) is 0 Å². The van der Waals surface area contributed by atoms with Crippen LogP contribution in [-0.2, 0) is 0 Å². The molecule has 0 spiro atoms. The van der Waals surface area contributed by atoms with Crippen molar-refractivity contribution >= 4 is 12.0 Å². The van der Waals surface area contributed by atoms with E-state index < -0.39 is 0 Å². The lowest BCUT2D eigenvalue weighted by Crippen LogP contribution is -2.33. The van der Waals surface area contributed by atoms with Crippen molar-refractivity contribution in [3.8, 4) is 16.9 Å². The van der Waals surface area contributed by atoms with Crippen molar-refractivity contribution < 1.29 is 9.53 Å². The predicted octanol–water partition coefficient (Wildman–Crippen LogP) is 5.71. The number of aldehydes is 1. The topological polar surface area (TPSA) is 44.8 Å². The van der Waals surface area contributed by atoms with Gasteiger partial charge in [-0.15, -0.1) is 0 Å². The molecule has 0 amide bonds. The van der Waals surface area contributed by atoms with Crippen molar-refractivity contribution in [3.63, 3.8) is 0 Å². The number of carbonyl (C=O) groups excluding carboxylic acids is 1. The van der Waals surface area contributed by atoms with Crippen molar-refractivity contribution in [3.05, 3.63) is 48.0 Å². The number of hydrogen-bond acceptors (Lipinski definition) is 5. The zero-order chi connectivity index (χ0) is 23.4. The fourth-order valence-corrected chi connectivity index (χ4v) is 5.15. The van der Waals surface area contributed by atoms with Gasteiger partial charge in [0.25, 0.3) is 0 Å². The lowest BCUT2D eigenvalue weighted by Gasteiger charge is -2.27. The summed E-state index contributed by atoms with van der Waals surface area (Å²) >= 11 is 0. The first-order chi connectivity index (χ1) is 16.8. The molecule has 2 heterocycles. The van der Waals surface area contributed by atoms with Crippen LogP contribution in [0.1, 0.15) is 61.7 Å². The van der Waals surface area contributed by atoms with Gasteiger partial charge in [-0.1, -0.05) is 43.2 Å². The number of rotatable bonds is 12. The molecule has 0 radical (unpaired) electrons. The quantitative estimate of drug-likeness (QED) is 0.323. The van der Waals surface area contributed by atoms with Gasteiger partial charge >= 0.3 is 0 Å². The van der Waals surface area contributed by atoms with Crippen LogP contribution >= 0.6 is 0 Å². The van der Waals surface area contributed by atoms with Crippen LogP contribution in [-0.4, -0.2) is 68.5 Å². The second-order valence-corrected chi connectivity index (χ2v) is 9.70. The highest BCUT2D eigenvalue weighted by Crippen LogP contribution is 2.32. The largest absolute Gasteiger partial charge is 0.491 e. The Kier molecular flexibility index (Phi) is 9.83. The van der Waals surface area contributed by atoms with Gasteiger partial charge in [-0.2, -0.15) is 0 Å². The predicted molar refractivity (Wildman–Crippen MR) is 141 cm³/mol. The second-order valence-electron chi connectivity index (χ2n) is 9.70. The SMILES string of the molecule is O=Cc1ccccc1-c1ccc(NCCN2CCCCC2)c(OCCCCN2CCCCC2)c1. The van der Waals surface area contributed by atoms with Gasteiger partial charge in [-0.05, 0) is 94.5 Å². The summed E-state index contributed by atoms with van der Waals surface area (Å²) in [6, 6.07) is 14.1. The zero-order valence-corrected chi connectivity index (χ0v) is 20.6. The lowest BCUT2D eigenvalue weighted by molar-refractivity contribution is 0.112. The molecule has 0 unspecified atom stereocenters. The van der Waals surface area contributed by atoms with Gasteiger partial charge in [0.15, 0.2) is 6.29 Å². The fourth-order valence-electron chi connectivity index (χ4n) is 5.15. The van der Waals surface area contributed by atoms with Crippen molar-refractivity contribution in [1.82, 2.24) is 9.80 Å². The smallest absolute Gasteiger partial charge is 0.150 e. The number of nitrogens with one attached hydrogen (secondary N) is 1. The number of carbonyl (C=O) groups is 1. The molecule has 0 aliphatic carbocycles. The van der Waals surface area contributed by atoms with Crippen LogP contribution in [0.3, 0.4) is 0 Å². The molecule has 0 atom stereocenters. The van der Waals surface area contributed by atoms with Crippen molar-refractivity contribution in [2.24, 2.45) is 0 Å². The van der Waals surface area contributed by atoms with E-state index in [0.717, 1.165) is 48.4 Å². The Balaban J connectivity index is 1.37. The van der Waals surface area contributed by atoms with Crippen molar-refractivity contribution in [2.75, 3.05) is 57.7 Å². The van der Waals surface area contributed by atoms with Crippen LogP contribution in [0.4, 0.5) is 5.69 Å². The summed E-state index contributed by atoms with van der Waals surface area (Å²) in [4.78, 5) is 16.7. The van der Waals surface area contributed by atoms with E-state index in [-0.39, 0.29) is 0 Å².